The fourth-order valence-corrected chi connectivity index (χ4v) is 3.56. The molecule has 0 spiro atoms. The number of halogens is 3. The highest BCUT2D eigenvalue weighted by atomic mass is 35.5. The monoisotopic (exact) mass is 324 g/mol. The lowest BCUT2D eigenvalue weighted by Gasteiger charge is -2.06. The summed E-state index contributed by atoms with van der Waals surface area (Å²) >= 11 is 13.0. The van der Waals surface area contributed by atoms with Crippen LogP contribution < -0.4 is 0 Å². The quantitative estimate of drug-likeness (QED) is 0.562. The van der Waals surface area contributed by atoms with Gasteiger partial charge < -0.3 is 0 Å². The standard InChI is InChI=1S/C15H7Cl2FOS/c16-13-7-11(15(17)20-13)14(19)10-5-6-12(18)9-4-2-1-3-8(9)10/h1-7H. The molecule has 0 saturated heterocycles. The van der Waals surface area contributed by atoms with Gasteiger partial charge in [-0.3, -0.25) is 4.79 Å². The number of carbonyl (C=O) groups is 1. The van der Waals surface area contributed by atoms with Crippen LogP contribution in [0.4, 0.5) is 4.39 Å². The first kappa shape index (κ1) is 13.6. The Labute approximate surface area is 128 Å². The highest BCUT2D eigenvalue weighted by Crippen LogP contribution is 2.34. The molecule has 0 atom stereocenters. The van der Waals surface area contributed by atoms with Crippen molar-refractivity contribution >= 4 is 51.1 Å². The van der Waals surface area contributed by atoms with Gasteiger partial charge >= 0.3 is 0 Å². The Morgan fingerprint density at radius 2 is 1.70 bits per heavy atom. The zero-order valence-electron chi connectivity index (χ0n) is 9.99. The molecule has 0 unspecified atom stereocenters. The summed E-state index contributed by atoms with van der Waals surface area (Å²) < 4.78 is 14.5. The molecule has 100 valence electrons. The highest BCUT2D eigenvalue weighted by Gasteiger charge is 2.19. The molecule has 0 radical (unpaired) electrons. The van der Waals surface area contributed by atoms with E-state index in [9.17, 15) is 9.18 Å². The molecule has 2 aromatic carbocycles. The minimum Gasteiger partial charge on any atom is -0.288 e. The van der Waals surface area contributed by atoms with Crippen LogP contribution in [0, 0.1) is 5.82 Å². The maximum absolute atomic E-state index is 13.8. The van der Waals surface area contributed by atoms with Crippen LogP contribution in [-0.4, -0.2) is 5.78 Å². The first-order chi connectivity index (χ1) is 9.58. The summed E-state index contributed by atoms with van der Waals surface area (Å²) in [4.78, 5) is 12.5. The molecule has 20 heavy (non-hydrogen) atoms. The van der Waals surface area contributed by atoms with Crippen molar-refractivity contribution in [2.45, 2.75) is 0 Å². The van der Waals surface area contributed by atoms with Crippen LogP contribution in [0.2, 0.25) is 8.67 Å². The van der Waals surface area contributed by atoms with Crippen molar-refractivity contribution < 1.29 is 9.18 Å². The number of fused-ring (bicyclic) bond motifs is 1. The van der Waals surface area contributed by atoms with Gasteiger partial charge in [-0.1, -0.05) is 47.5 Å². The van der Waals surface area contributed by atoms with Crippen LogP contribution in [0.3, 0.4) is 0 Å². The van der Waals surface area contributed by atoms with Crippen LogP contribution in [0.25, 0.3) is 10.8 Å². The third-order valence-corrected chi connectivity index (χ3v) is 4.50. The molecule has 0 N–H and O–H groups in total. The van der Waals surface area contributed by atoms with Gasteiger partial charge in [0.25, 0.3) is 0 Å². The van der Waals surface area contributed by atoms with Crippen LogP contribution in [-0.2, 0) is 0 Å². The van der Waals surface area contributed by atoms with E-state index in [4.69, 9.17) is 23.2 Å². The zero-order valence-corrected chi connectivity index (χ0v) is 12.3. The molecule has 5 heteroatoms. The molecule has 0 bridgehead atoms. The van der Waals surface area contributed by atoms with Crippen molar-refractivity contribution in [3.63, 3.8) is 0 Å². The number of carbonyl (C=O) groups excluding carboxylic acids is 1. The fraction of sp³-hybridized carbons (Fsp3) is 0. The molecule has 1 heterocycles. The normalized spacial score (nSPS) is 10.9. The van der Waals surface area contributed by atoms with Gasteiger partial charge in [0.15, 0.2) is 5.78 Å². The maximum atomic E-state index is 13.8. The predicted molar refractivity (Wildman–Crippen MR) is 81.7 cm³/mol. The zero-order chi connectivity index (χ0) is 14.3. The van der Waals surface area contributed by atoms with E-state index in [1.165, 1.54) is 18.2 Å². The fourth-order valence-electron chi connectivity index (χ4n) is 2.10. The number of ketones is 1. The second-order valence-corrected chi connectivity index (χ2v) is 6.49. The molecule has 0 aliphatic rings. The summed E-state index contributed by atoms with van der Waals surface area (Å²) in [5.74, 6) is -0.610. The van der Waals surface area contributed by atoms with Crippen molar-refractivity contribution in [3.05, 3.63) is 68.1 Å². The highest BCUT2D eigenvalue weighted by molar-refractivity contribution is 7.20. The summed E-state index contributed by atoms with van der Waals surface area (Å²) in [6.07, 6.45) is 0. The van der Waals surface area contributed by atoms with E-state index >= 15 is 0 Å². The van der Waals surface area contributed by atoms with Crippen LogP contribution in [0.1, 0.15) is 15.9 Å². The Bertz CT molecular complexity index is 826. The lowest BCUT2D eigenvalue weighted by molar-refractivity contribution is 0.104. The van der Waals surface area contributed by atoms with Crippen molar-refractivity contribution in [2.75, 3.05) is 0 Å². The lowest BCUT2D eigenvalue weighted by atomic mass is 9.98. The third kappa shape index (κ3) is 2.22. The van der Waals surface area contributed by atoms with Crippen LogP contribution in [0.5, 0.6) is 0 Å². The molecular weight excluding hydrogens is 318 g/mol. The molecule has 0 saturated carbocycles. The van der Waals surface area contributed by atoms with Crippen molar-refractivity contribution in [3.8, 4) is 0 Å². The number of thiophene rings is 1. The second-order valence-electron chi connectivity index (χ2n) is 4.21. The minimum absolute atomic E-state index is 0.255. The summed E-state index contributed by atoms with van der Waals surface area (Å²) in [5, 5.41) is 0.978. The Morgan fingerprint density at radius 1 is 1.00 bits per heavy atom. The molecular formula is C15H7Cl2FOS. The van der Waals surface area contributed by atoms with E-state index in [0.717, 1.165) is 11.3 Å². The van der Waals surface area contributed by atoms with Crippen molar-refractivity contribution in [1.82, 2.24) is 0 Å². The van der Waals surface area contributed by atoms with Gasteiger partial charge in [-0.05, 0) is 23.6 Å². The SMILES string of the molecule is O=C(c1cc(Cl)sc1Cl)c1ccc(F)c2ccccc12. The summed E-state index contributed by atoms with van der Waals surface area (Å²) in [5.41, 5.74) is 0.761. The number of rotatable bonds is 2. The largest absolute Gasteiger partial charge is 0.288 e. The summed E-state index contributed by atoms with van der Waals surface area (Å²) in [6.45, 7) is 0. The van der Waals surface area contributed by atoms with E-state index in [-0.39, 0.29) is 11.6 Å². The average Bonchev–Trinajstić information content (AvgIpc) is 2.78. The van der Waals surface area contributed by atoms with Gasteiger partial charge in [-0.15, -0.1) is 11.3 Å². The smallest absolute Gasteiger partial charge is 0.196 e. The molecule has 0 fully saturated rings. The molecule has 3 aromatic rings. The molecule has 0 aliphatic carbocycles. The molecule has 0 amide bonds. The second kappa shape index (κ2) is 5.17. The van der Waals surface area contributed by atoms with E-state index in [2.05, 4.69) is 0 Å². The van der Waals surface area contributed by atoms with Gasteiger partial charge in [-0.2, -0.15) is 0 Å². The lowest BCUT2D eigenvalue weighted by Crippen LogP contribution is -2.02. The van der Waals surface area contributed by atoms with E-state index in [0.29, 0.717) is 30.6 Å². The molecule has 1 aromatic heterocycles. The Hall–Kier alpha value is -1.42. The Morgan fingerprint density at radius 3 is 2.35 bits per heavy atom. The van der Waals surface area contributed by atoms with Gasteiger partial charge in [-0.25, -0.2) is 4.39 Å². The van der Waals surface area contributed by atoms with Gasteiger partial charge in [0, 0.05) is 10.9 Å². The average molecular weight is 325 g/mol. The first-order valence-electron chi connectivity index (χ1n) is 5.74. The Kier molecular flexibility index (Phi) is 3.50. The number of benzene rings is 2. The van der Waals surface area contributed by atoms with Gasteiger partial charge in [0.05, 0.1) is 9.90 Å². The van der Waals surface area contributed by atoms with E-state index in [1.54, 1.807) is 24.3 Å². The van der Waals surface area contributed by atoms with Crippen molar-refractivity contribution in [1.29, 1.82) is 0 Å². The summed E-state index contributed by atoms with van der Waals surface area (Å²) in [6, 6.07) is 11.2. The predicted octanol–water partition coefficient (Wildman–Crippen LogP) is 5.58. The van der Waals surface area contributed by atoms with E-state index in [1.807, 2.05) is 0 Å². The molecule has 3 rings (SSSR count). The summed E-state index contributed by atoms with van der Waals surface area (Å²) in [7, 11) is 0. The third-order valence-electron chi connectivity index (χ3n) is 3.02. The van der Waals surface area contributed by atoms with Crippen molar-refractivity contribution in [2.24, 2.45) is 0 Å². The van der Waals surface area contributed by atoms with Gasteiger partial charge in [0.2, 0.25) is 0 Å². The topological polar surface area (TPSA) is 17.1 Å². The van der Waals surface area contributed by atoms with Crippen LogP contribution in [0.15, 0.2) is 42.5 Å². The van der Waals surface area contributed by atoms with Gasteiger partial charge in [0.1, 0.15) is 10.2 Å². The minimum atomic E-state index is -0.355. The van der Waals surface area contributed by atoms with E-state index < -0.39 is 0 Å². The first-order valence-corrected chi connectivity index (χ1v) is 7.32. The Balaban J connectivity index is 2.23. The number of hydrogen-bond acceptors (Lipinski definition) is 2. The van der Waals surface area contributed by atoms with Crippen LogP contribution >= 0.6 is 34.5 Å². The molecule has 1 nitrogen and oxygen atoms in total. The maximum Gasteiger partial charge on any atom is 0.196 e. The molecule has 0 aliphatic heterocycles. The number of hydrogen-bond donors (Lipinski definition) is 0.